The minimum Gasteiger partial charge on any atom is -0.469 e. The Morgan fingerprint density at radius 3 is 3.12 bits per heavy atom. The van der Waals surface area contributed by atoms with E-state index >= 15 is 0 Å². The van der Waals surface area contributed by atoms with E-state index in [1.165, 1.54) is 0 Å². The van der Waals surface area contributed by atoms with Crippen molar-refractivity contribution in [1.29, 1.82) is 0 Å². The van der Waals surface area contributed by atoms with E-state index in [4.69, 9.17) is 4.42 Å². The van der Waals surface area contributed by atoms with Crippen LogP contribution in [0, 0.1) is 5.92 Å². The summed E-state index contributed by atoms with van der Waals surface area (Å²) in [5, 5.41) is 3.06. The Kier molecular flexibility index (Phi) is 4.02. The zero-order chi connectivity index (χ0) is 12.1. The van der Waals surface area contributed by atoms with Gasteiger partial charge in [0.1, 0.15) is 5.76 Å². The molecule has 3 nitrogen and oxygen atoms in total. The smallest absolute Gasteiger partial charge is 0.223 e. The lowest BCUT2D eigenvalue weighted by molar-refractivity contribution is -0.125. The molecular weight excluding hydrogens is 214 g/mol. The molecule has 3 heteroatoms. The molecule has 0 saturated heterocycles. The molecule has 0 radical (unpaired) electrons. The van der Waals surface area contributed by atoms with Crippen LogP contribution in [0.1, 0.15) is 31.9 Å². The van der Waals surface area contributed by atoms with Gasteiger partial charge in [0.05, 0.1) is 6.26 Å². The first-order valence-electron chi connectivity index (χ1n) is 6.23. The standard InChI is InChI=1S/C14H19NO2/c1-11(10-13-8-5-9-17-13)15-14(16)12-6-3-2-4-7-12/h2-3,5,8-9,11-12H,4,6-7,10H2,1H3,(H,15,16)/t11-,12-/m1/s1. The molecule has 2 atom stereocenters. The van der Waals surface area contributed by atoms with Crippen LogP contribution in [0.25, 0.3) is 0 Å². The highest BCUT2D eigenvalue weighted by atomic mass is 16.3. The molecule has 1 N–H and O–H groups in total. The Balaban J connectivity index is 1.79. The van der Waals surface area contributed by atoms with Gasteiger partial charge < -0.3 is 9.73 Å². The van der Waals surface area contributed by atoms with E-state index in [2.05, 4.69) is 17.5 Å². The molecule has 1 heterocycles. The number of nitrogens with one attached hydrogen (secondary N) is 1. The molecule has 0 bridgehead atoms. The van der Waals surface area contributed by atoms with Crippen LogP contribution in [0.2, 0.25) is 0 Å². The first-order valence-corrected chi connectivity index (χ1v) is 6.23. The van der Waals surface area contributed by atoms with Gasteiger partial charge in [0, 0.05) is 18.4 Å². The number of allylic oxidation sites excluding steroid dienone is 2. The minimum absolute atomic E-state index is 0.125. The van der Waals surface area contributed by atoms with Crippen LogP contribution in [0.15, 0.2) is 35.0 Å². The highest BCUT2D eigenvalue weighted by Gasteiger charge is 2.20. The lowest BCUT2D eigenvalue weighted by atomic mass is 9.93. The van der Waals surface area contributed by atoms with Crippen molar-refractivity contribution in [2.45, 2.75) is 38.6 Å². The van der Waals surface area contributed by atoms with Gasteiger partial charge >= 0.3 is 0 Å². The summed E-state index contributed by atoms with van der Waals surface area (Å²) in [7, 11) is 0. The topological polar surface area (TPSA) is 42.2 Å². The maximum Gasteiger partial charge on any atom is 0.223 e. The predicted octanol–water partition coefficient (Wildman–Crippen LogP) is 2.68. The molecule has 0 fully saturated rings. The van der Waals surface area contributed by atoms with Gasteiger partial charge in [-0.2, -0.15) is 0 Å². The third-order valence-electron chi connectivity index (χ3n) is 3.12. The van der Waals surface area contributed by atoms with E-state index in [-0.39, 0.29) is 17.9 Å². The molecule has 1 aliphatic rings. The summed E-state index contributed by atoms with van der Waals surface area (Å²) in [6.07, 6.45) is 9.53. The Morgan fingerprint density at radius 2 is 2.47 bits per heavy atom. The maximum absolute atomic E-state index is 12.0. The molecular formula is C14H19NO2. The van der Waals surface area contributed by atoms with Gasteiger partial charge in [0.2, 0.25) is 5.91 Å². The van der Waals surface area contributed by atoms with Crippen LogP contribution in [-0.2, 0) is 11.2 Å². The third-order valence-corrected chi connectivity index (χ3v) is 3.12. The molecule has 1 aromatic rings. The number of rotatable bonds is 4. The van der Waals surface area contributed by atoms with E-state index < -0.39 is 0 Å². The normalized spacial score (nSPS) is 21.1. The molecule has 1 aromatic heterocycles. The Morgan fingerprint density at radius 1 is 1.59 bits per heavy atom. The first-order chi connectivity index (χ1) is 8.25. The first kappa shape index (κ1) is 12.0. The summed E-state index contributed by atoms with van der Waals surface area (Å²) in [5.74, 6) is 1.24. The molecule has 1 aliphatic carbocycles. The average Bonchev–Trinajstić information content (AvgIpc) is 2.82. The second-order valence-corrected chi connectivity index (χ2v) is 4.67. The zero-order valence-corrected chi connectivity index (χ0v) is 10.2. The fraction of sp³-hybridized carbons (Fsp3) is 0.500. The second-order valence-electron chi connectivity index (χ2n) is 4.67. The van der Waals surface area contributed by atoms with Crippen molar-refractivity contribution in [3.63, 3.8) is 0 Å². The van der Waals surface area contributed by atoms with Gasteiger partial charge in [0.25, 0.3) is 0 Å². The van der Waals surface area contributed by atoms with Crippen molar-refractivity contribution in [3.8, 4) is 0 Å². The highest BCUT2D eigenvalue weighted by molar-refractivity contribution is 5.79. The van der Waals surface area contributed by atoms with Gasteiger partial charge in [-0.1, -0.05) is 12.2 Å². The van der Waals surface area contributed by atoms with Crippen LogP contribution in [0.3, 0.4) is 0 Å². The van der Waals surface area contributed by atoms with Gasteiger partial charge in [-0.25, -0.2) is 0 Å². The van der Waals surface area contributed by atoms with Crippen LogP contribution in [0.4, 0.5) is 0 Å². The molecule has 0 saturated carbocycles. The van der Waals surface area contributed by atoms with Crippen molar-refractivity contribution in [2.24, 2.45) is 5.92 Å². The summed E-state index contributed by atoms with van der Waals surface area (Å²) in [5.41, 5.74) is 0. The van der Waals surface area contributed by atoms with Crippen LogP contribution < -0.4 is 5.32 Å². The minimum atomic E-state index is 0.125. The lowest BCUT2D eigenvalue weighted by Crippen LogP contribution is -2.38. The molecule has 0 aromatic carbocycles. The fourth-order valence-electron chi connectivity index (χ4n) is 2.17. The van der Waals surface area contributed by atoms with Crippen molar-refractivity contribution in [1.82, 2.24) is 5.32 Å². The molecule has 17 heavy (non-hydrogen) atoms. The van der Waals surface area contributed by atoms with E-state index in [1.807, 2.05) is 19.1 Å². The number of furan rings is 1. The van der Waals surface area contributed by atoms with Crippen molar-refractivity contribution in [3.05, 3.63) is 36.3 Å². The number of amides is 1. The van der Waals surface area contributed by atoms with Crippen molar-refractivity contribution >= 4 is 5.91 Å². The maximum atomic E-state index is 12.0. The predicted molar refractivity (Wildman–Crippen MR) is 66.5 cm³/mol. The van der Waals surface area contributed by atoms with Crippen LogP contribution in [-0.4, -0.2) is 11.9 Å². The highest BCUT2D eigenvalue weighted by Crippen LogP contribution is 2.18. The van der Waals surface area contributed by atoms with Crippen LogP contribution in [0.5, 0.6) is 0 Å². The van der Waals surface area contributed by atoms with E-state index in [1.54, 1.807) is 6.26 Å². The van der Waals surface area contributed by atoms with Crippen LogP contribution >= 0.6 is 0 Å². The van der Waals surface area contributed by atoms with Gasteiger partial charge in [0.15, 0.2) is 0 Å². The number of hydrogen-bond donors (Lipinski definition) is 1. The zero-order valence-electron chi connectivity index (χ0n) is 10.2. The van der Waals surface area contributed by atoms with Crippen molar-refractivity contribution < 1.29 is 9.21 Å². The van der Waals surface area contributed by atoms with Gasteiger partial charge in [-0.05, 0) is 38.3 Å². The van der Waals surface area contributed by atoms with E-state index in [0.717, 1.165) is 31.4 Å². The molecule has 0 aliphatic heterocycles. The van der Waals surface area contributed by atoms with Gasteiger partial charge in [-0.3, -0.25) is 4.79 Å². The summed E-state index contributed by atoms with van der Waals surface area (Å²) < 4.78 is 5.27. The summed E-state index contributed by atoms with van der Waals surface area (Å²) in [6.45, 7) is 2.01. The van der Waals surface area contributed by atoms with E-state index in [0.29, 0.717) is 0 Å². The average molecular weight is 233 g/mol. The van der Waals surface area contributed by atoms with Crippen molar-refractivity contribution in [2.75, 3.05) is 0 Å². The molecule has 2 rings (SSSR count). The SMILES string of the molecule is C[C@H](Cc1ccco1)NC(=O)[C@@H]1CC=CCC1. The number of carbonyl (C=O) groups is 1. The molecule has 92 valence electrons. The quantitative estimate of drug-likeness (QED) is 0.812. The lowest BCUT2D eigenvalue weighted by Gasteiger charge is -2.20. The van der Waals surface area contributed by atoms with Gasteiger partial charge in [-0.15, -0.1) is 0 Å². The molecule has 0 unspecified atom stereocenters. The van der Waals surface area contributed by atoms with E-state index in [9.17, 15) is 4.79 Å². The third kappa shape index (κ3) is 3.48. The molecule has 0 spiro atoms. The summed E-state index contributed by atoms with van der Waals surface area (Å²) >= 11 is 0. The number of carbonyl (C=O) groups excluding carboxylic acids is 1. The fourth-order valence-corrected chi connectivity index (χ4v) is 2.17. The Bertz CT molecular complexity index is 381. The Hall–Kier alpha value is -1.51. The summed E-state index contributed by atoms with van der Waals surface area (Å²) in [4.78, 5) is 12.0. The second kappa shape index (κ2) is 5.71. The molecule has 1 amide bonds. The largest absolute Gasteiger partial charge is 0.469 e. The Labute approximate surface area is 102 Å². The summed E-state index contributed by atoms with van der Waals surface area (Å²) in [6, 6.07) is 3.93. The number of hydrogen-bond acceptors (Lipinski definition) is 2. The monoisotopic (exact) mass is 233 g/mol.